The standard InChI is InChI=1S/C21H30N2O5Si2/c1-13(24)12-28-20-16(19(27)23(20)21(29(2,3)4)30(5,6)7)22-17(25)14-10-8-9-11-15(14)18(22)26/h8-11,16,20-21H,12H2,1-7H3/t16-,20+/m0/s1. The number of carbonyl (C=O) groups excluding carboxylic acids is 4. The zero-order valence-corrected chi connectivity index (χ0v) is 20.7. The topological polar surface area (TPSA) is 84.0 Å². The van der Waals surface area contributed by atoms with Crippen molar-refractivity contribution >= 4 is 39.7 Å². The minimum Gasteiger partial charge on any atom is -0.348 e. The van der Waals surface area contributed by atoms with Gasteiger partial charge < -0.3 is 9.64 Å². The van der Waals surface area contributed by atoms with Gasteiger partial charge in [0.1, 0.15) is 6.61 Å². The minimum absolute atomic E-state index is 0.0425. The molecule has 2 aliphatic heterocycles. The summed E-state index contributed by atoms with van der Waals surface area (Å²) in [7, 11) is -3.70. The number of fused-ring (bicyclic) bond motifs is 1. The van der Waals surface area contributed by atoms with Crippen LogP contribution in [-0.2, 0) is 14.3 Å². The van der Waals surface area contributed by atoms with Gasteiger partial charge in [-0.25, -0.2) is 0 Å². The number of β-lactam (4-membered cyclic amide) rings is 1. The van der Waals surface area contributed by atoms with Gasteiger partial charge in [-0.05, 0) is 19.1 Å². The zero-order valence-electron chi connectivity index (χ0n) is 18.7. The van der Waals surface area contributed by atoms with Crippen LogP contribution in [0.4, 0.5) is 0 Å². The molecule has 0 bridgehead atoms. The molecule has 0 saturated carbocycles. The Morgan fingerprint density at radius 3 is 1.83 bits per heavy atom. The van der Waals surface area contributed by atoms with Gasteiger partial charge >= 0.3 is 0 Å². The minimum atomic E-state index is -1.85. The number of ketones is 1. The quantitative estimate of drug-likeness (QED) is 0.365. The molecule has 2 heterocycles. The average Bonchev–Trinajstić information content (AvgIpc) is 2.85. The number of hydrogen-bond acceptors (Lipinski definition) is 5. The van der Waals surface area contributed by atoms with Crippen LogP contribution in [-0.4, -0.2) is 73.6 Å². The van der Waals surface area contributed by atoms with E-state index in [0.29, 0.717) is 11.1 Å². The monoisotopic (exact) mass is 446 g/mol. The van der Waals surface area contributed by atoms with Crippen LogP contribution >= 0.6 is 0 Å². The summed E-state index contributed by atoms with van der Waals surface area (Å²) in [5, 5.41) is 0.0425. The fraction of sp³-hybridized carbons (Fsp3) is 0.524. The van der Waals surface area contributed by atoms with Crippen molar-refractivity contribution in [1.29, 1.82) is 0 Å². The Bertz CT molecular complexity index is 870. The van der Waals surface area contributed by atoms with Gasteiger partial charge in [0.25, 0.3) is 17.7 Å². The van der Waals surface area contributed by atoms with Gasteiger partial charge in [0.05, 0.1) is 27.3 Å². The molecule has 9 heteroatoms. The van der Waals surface area contributed by atoms with Gasteiger partial charge in [0, 0.05) is 5.29 Å². The van der Waals surface area contributed by atoms with Crippen LogP contribution in [0.2, 0.25) is 39.3 Å². The molecule has 162 valence electrons. The lowest BCUT2D eigenvalue weighted by Crippen LogP contribution is -2.80. The molecule has 1 aromatic rings. The number of rotatable bonds is 7. The molecule has 1 saturated heterocycles. The van der Waals surface area contributed by atoms with Gasteiger partial charge in [-0.15, -0.1) is 0 Å². The average molecular weight is 447 g/mol. The smallest absolute Gasteiger partial charge is 0.262 e. The van der Waals surface area contributed by atoms with Crippen molar-refractivity contribution in [3.63, 3.8) is 0 Å². The largest absolute Gasteiger partial charge is 0.348 e. The molecule has 1 aromatic carbocycles. The van der Waals surface area contributed by atoms with Crippen molar-refractivity contribution in [2.75, 3.05) is 6.61 Å². The van der Waals surface area contributed by atoms with Crippen LogP contribution in [0, 0.1) is 0 Å². The van der Waals surface area contributed by atoms with Crippen molar-refractivity contribution in [1.82, 2.24) is 9.80 Å². The van der Waals surface area contributed by atoms with Crippen molar-refractivity contribution in [2.45, 2.75) is 63.8 Å². The van der Waals surface area contributed by atoms with Crippen LogP contribution in [0.1, 0.15) is 27.6 Å². The van der Waals surface area contributed by atoms with E-state index in [2.05, 4.69) is 39.3 Å². The van der Waals surface area contributed by atoms with E-state index in [1.54, 1.807) is 29.2 Å². The molecular formula is C21H30N2O5Si2. The molecule has 0 aromatic heterocycles. The van der Waals surface area contributed by atoms with Crippen LogP contribution < -0.4 is 0 Å². The van der Waals surface area contributed by atoms with Crippen LogP contribution in [0.15, 0.2) is 24.3 Å². The van der Waals surface area contributed by atoms with E-state index in [9.17, 15) is 19.2 Å². The number of nitrogens with zero attached hydrogens (tertiary/aromatic N) is 2. The van der Waals surface area contributed by atoms with Gasteiger partial charge in [0.15, 0.2) is 18.1 Å². The Balaban J connectivity index is 2.00. The highest BCUT2D eigenvalue weighted by Gasteiger charge is 2.62. The lowest BCUT2D eigenvalue weighted by Gasteiger charge is -2.57. The third kappa shape index (κ3) is 3.70. The fourth-order valence-corrected chi connectivity index (χ4v) is 17.6. The van der Waals surface area contributed by atoms with E-state index in [1.165, 1.54) is 6.92 Å². The number of benzene rings is 1. The van der Waals surface area contributed by atoms with Gasteiger partial charge in [-0.1, -0.05) is 51.4 Å². The van der Waals surface area contributed by atoms with Gasteiger partial charge in [0.2, 0.25) is 0 Å². The molecule has 0 spiro atoms. The number of imide groups is 1. The maximum atomic E-state index is 13.4. The third-order valence-electron chi connectivity index (χ3n) is 5.53. The SMILES string of the molecule is CC(=O)CO[C@@H]1[C@@H](N2C(=O)c3ccccc3C2=O)C(=O)N1C([Si](C)(C)C)[Si](C)(C)C. The summed E-state index contributed by atoms with van der Waals surface area (Å²) in [6, 6.07) is 5.54. The summed E-state index contributed by atoms with van der Waals surface area (Å²) >= 11 is 0. The highest BCUT2D eigenvalue weighted by molar-refractivity contribution is 6.96. The van der Waals surface area contributed by atoms with Crippen molar-refractivity contribution in [3.8, 4) is 0 Å². The van der Waals surface area contributed by atoms with E-state index < -0.39 is 40.2 Å². The predicted molar refractivity (Wildman–Crippen MR) is 118 cm³/mol. The molecule has 3 amide bonds. The number of carbonyl (C=O) groups is 4. The summed E-state index contributed by atoms with van der Waals surface area (Å²) in [4.78, 5) is 53.8. The van der Waals surface area contributed by atoms with E-state index in [4.69, 9.17) is 4.74 Å². The molecule has 2 atom stereocenters. The van der Waals surface area contributed by atoms with Crippen molar-refractivity contribution < 1.29 is 23.9 Å². The lowest BCUT2D eigenvalue weighted by molar-refractivity contribution is -0.191. The predicted octanol–water partition coefficient (Wildman–Crippen LogP) is 2.55. The first-order chi connectivity index (χ1) is 13.8. The lowest BCUT2D eigenvalue weighted by atomic mass is 10.0. The van der Waals surface area contributed by atoms with Crippen LogP contribution in [0.25, 0.3) is 0 Å². The first-order valence-electron chi connectivity index (χ1n) is 10.2. The number of ether oxygens (including phenoxy) is 1. The second-order valence-corrected chi connectivity index (χ2v) is 21.4. The first kappa shape index (κ1) is 22.6. The summed E-state index contributed by atoms with van der Waals surface area (Å²) in [5.74, 6) is -1.41. The Morgan fingerprint density at radius 1 is 0.967 bits per heavy atom. The summed E-state index contributed by atoms with van der Waals surface area (Å²) < 4.78 is 5.87. The second-order valence-electron chi connectivity index (χ2n) is 10.3. The summed E-state index contributed by atoms with van der Waals surface area (Å²) in [6.07, 6.45) is -0.799. The van der Waals surface area contributed by atoms with Crippen molar-refractivity contribution in [2.24, 2.45) is 0 Å². The third-order valence-corrected chi connectivity index (χ3v) is 14.6. The number of amides is 3. The Labute approximate surface area is 179 Å². The molecule has 0 unspecified atom stereocenters. The molecule has 0 N–H and O–H groups in total. The van der Waals surface area contributed by atoms with Crippen molar-refractivity contribution in [3.05, 3.63) is 35.4 Å². The second kappa shape index (κ2) is 7.54. The van der Waals surface area contributed by atoms with Crippen LogP contribution in [0.3, 0.4) is 0 Å². The molecule has 1 fully saturated rings. The maximum absolute atomic E-state index is 13.4. The number of hydrogen-bond donors (Lipinski definition) is 0. The molecule has 0 aliphatic carbocycles. The molecule has 3 rings (SSSR count). The summed E-state index contributed by atoms with van der Waals surface area (Å²) in [5.41, 5.74) is 0.594. The highest BCUT2D eigenvalue weighted by atomic mass is 28.4. The molecule has 0 radical (unpaired) electrons. The molecule has 2 aliphatic rings. The van der Waals surface area contributed by atoms with E-state index in [-0.39, 0.29) is 23.6 Å². The van der Waals surface area contributed by atoms with Gasteiger partial charge in [-0.3, -0.25) is 24.1 Å². The molecule has 7 nitrogen and oxygen atoms in total. The maximum Gasteiger partial charge on any atom is 0.262 e. The number of Topliss-reactive ketones (excluding diaryl/α,β-unsaturated/α-hetero) is 1. The Kier molecular flexibility index (Phi) is 5.68. The van der Waals surface area contributed by atoms with Crippen LogP contribution in [0.5, 0.6) is 0 Å². The zero-order chi connectivity index (χ0) is 22.6. The number of likely N-dealkylation sites (tertiary alicyclic amines) is 1. The Morgan fingerprint density at radius 2 is 1.43 bits per heavy atom. The Hall–Kier alpha value is -2.11. The van der Waals surface area contributed by atoms with Gasteiger partial charge in [-0.2, -0.15) is 0 Å². The normalized spacial score (nSPS) is 21.9. The molecule has 30 heavy (non-hydrogen) atoms. The van der Waals surface area contributed by atoms with E-state index in [0.717, 1.165) is 4.90 Å². The van der Waals surface area contributed by atoms with E-state index >= 15 is 0 Å². The fourth-order valence-electron chi connectivity index (χ4n) is 4.95. The first-order valence-corrected chi connectivity index (χ1v) is 17.3. The van der Waals surface area contributed by atoms with E-state index in [1.807, 2.05) is 0 Å². The summed E-state index contributed by atoms with van der Waals surface area (Å²) in [6.45, 7) is 14.5. The highest BCUT2D eigenvalue weighted by Crippen LogP contribution is 2.38. The molecular weight excluding hydrogens is 416 g/mol.